The van der Waals surface area contributed by atoms with Crippen molar-refractivity contribution < 1.29 is 0 Å². The van der Waals surface area contributed by atoms with E-state index in [2.05, 4.69) is 23.8 Å². The van der Waals surface area contributed by atoms with Gasteiger partial charge >= 0.3 is 0 Å². The van der Waals surface area contributed by atoms with Gasteiger partial charge in [0.05, 0.1) is 16.7 Å². The van der Waals surface area contributed by atoms with E-state index in [0.29, 0.717) is 10.9 Å². The maximum absolute atomic E-state index is 5.85. The molecule has 2 aromatic rings. The quantitative estimate of drug-likeness (QED) is 0.715. The summed E-state index contributed by atoms with van der Waals surface area (Å²) in [6, 6.07) is 5.56. The van der Waals surface area contributed by atoms with Crippen molar-refractivity contribution >= 4 is 22.6 Å². The van der Waals surface area contributed by atoms with Gasteiger partial charge < -0.3 is 0 Å². The molecule has 72 valence electrons. The molecule has 0 unspecified atom stereocenters. The van der Waals surface area contributed by atoms with Crippen LogP contribution >= 0.6 is 11.6 Å². The number of halogens is 1. The van der Waals surface area contributed by atoms with Gasteiger partial charge in [0.1, 0.15) is 0 Å². The Morgan fingerprint density at radius 2 is 2.00 bits per heavy atom. The zero-order chi connectivity index (χ0) is 10.1. The molecule has 3 heteroatoms. The fourth-order valence-corrected chi connectivity index (χ4v) is 1.44. The molecule has 0 aliphatic carbocycles. The lowest BCUT2D eigenvalue weighted by Gasteiger charge is -2.04. The van der Waals surface area contributed by atoms with E-state index < -0.39 is 0 Å². The molecule has 0 saturated carbocycles. The van der Waals surface area contributed by atoms with E-state index in [1.807, 2.05) is 24.4 Å². The standard InChI is InChI=1S/C11H11ClN2/c1-7(2)11-6-13-10-5-8(12)3-4-9(10)14-11/h3-7H,1-2H3. The van der Waals surface area contributed by atoms with Crippen molar-refractivity contribution in [1.29, 1.82) is 0 Å². The average molecular weight is 207 g/mol. The highest BCUT2D eigenvalue weighted by molar-refractivity contribution is 6.31. The summed E-state index contributed by atoms with van der Waals surface area (Å²) >= 11 is 5.85. The van der Waals surface area contributed by atoms with Crippen LogP contribution in [0.4, 0.5) is 0 Å². The van der Waals surface area contributed by atoms with E-state index in [1.165, 1.54) is 0 Å². The number of aromatic nitrogens is 2. The zero-order valence-corrected chi connectivity index (χ0v) is 8.92. The third kappa shape index (κ3) is 1.70. The average Bonchev–Trinajstić information content (AvgIpc) is 2.16. The minimum Gasteiger partial charge on any atom is -0.253 e. The smallest absolute Gasteiger partial charge is 0.0901 e. The molecule has 0 aliphatic rings. The van der Waals surface area contributed by atoms with Crippen molar-refractivity contribution in [2.24, 2.45) is 0 Å². The minimum atomic E-state index is 0.405. The highest BCUT2D eigenvalue weighted by atomic mass is 35.5. The van der Waals surface area contributed by atoms with Crippen molar-refractivity contribution in [2.75, 3.05) is 0 Å². The Hall–Kier alpha value is -1.15. The van der Waals surface area contributed by atoms with E-state index in [1.54, 1.807) is 0 Å². The third-order valence-electron chi connectivity index (χ3n) is 2.11. The van der Waals surface area contributed by atoms with E-state index in [9.17, 15) is 0 Å². The fraction of sp³-hybridized carbons (Fsp3) is 0.273. The monoisotopic (exact) mass is 206 g/mol. The van der Waals surface area contributed by atoms with Crippen molar-refractivity contribution in [3.8, 4) is 0 Å². The van der Waals surface area contributed by atoms with Crippen molar-refractivity contribution in [3.63, 3.8) is 0 Å². The fourth-order valence-electron chi connectivity index (χ4n) is 1.28. The lowest BCUT2D eigenvalue weighted by atomic mass is 10.1. The minimum absolute atomic E-state index is 0.405. The highest BCUT2D eigenvalue weighted by Crippen LogP contribution is 2.18. The van der Waals surface area contributed by atoms with Crippen LogP contribution in [0.25, 0.3) is 11.0 Å². The molecule has 0 bridgehead atoms. The predicted molar refractivity (Wildman–Crippen MR) is 58.6 cm³/mol. The summed E-state index contributed by atoms with van der Waals surface area (Å²) in [7, 11) is 0. The van der Waals surface area contributed by atoms with Gasteiger partial charge in [-0.25, -0.2) is 4.98 Å². The van der Waals surface area contributed by atoms with Crippen LogP contribution < -0.4 is 0 Å². The number of hydrogen-bond donors (Lipinski definition) is 0. The van der Waals surface area contributed by atoms with E-state index in [-0.39, 0.29) is 0 Å². The molecular formula is C11H11ClN2. The molecule has 1 heterocycles. The van der Waals surface area contributed by atoms with Gasteiger partial charge in [0.25, 0.3) is 0 Å². The van der Waals surface area contributed by atoms with Crippen molar-refractivity contribution in [2.45, 2.75) is 19.8 Å². The summed E-state index contributed by atoms with van der Waals surface area (Å²) in [4.78, 5) is 8.81. The van der Waals surface area contributed by atoms with Crippen molar-refractivity contribution in [3.05, 3.63) is 35.1 Å². The first-order valence-electron chi connectivity index (χ1n) is 4.59. The lowest BCUT2D eigenvalue weighted by Crippen LogP contribution is -1.94. The van der Waals surface area contributed by atoms with Crippen LogP contribution in [0.5, 0.6) is 0 Å². The number of nitrogens with zero attached hydrogens (tertiary/aromatic N) is 2. The van der Waals surface area contributed by atoms with Crippen LogP contribution in [0.3, 0.4) is 0 Å². The van der Waals surface area contributed by atoms with Crippen LogP contribution in [0.15, 0.2) is 24.4 Å². The first-order valence-corrected chi connectivity index (χ1v) is 4.97. The van der Waals surface area contributed by atoms with Gasteiger partial charge in [0.15, 0.2) is 0 Å². The molecule has 0 amide bonds. The van der Waals surface area contributed by atoms with E-state index in [0.717, 1.165) is 16.7 Å². The van der Waals surface area contributed by atoms with Gasteiger partial charge in [-0.1, -0.05) is 25.4 Å². The van der Waals surface area contributed by atoms with E-state index in [4.69, 9.17) is 11.6 Å². The summed E-state index contributed by atoms with van der Waals surface area (Å²) in [5.41, 5.74) is 2.77. The number of hydrogen-bond acceptors (Lipinski definition) is 2. The molecule has 14 heavy (non-hydrogen) atoms. The molecule has 0 atom stereocenters. The summed E-state index contributed by atoms with van der Waals surface area (Å²) in [5.74, 6) is 0.405. The van der Waals surface area contributed by atoms with Gasteiger partial charge in [0, 0.05) is 11.2 Å². The van der Waals surface area contributed by atoms with Gasteiger partial charge in [-0.2, -0.15) is 0 Å². The molecule has 0 aliphatic heterocycles. The highest BCUT2D eigenvalue weighted by Gasteiger charge is 2.03. The second-order valence-electron chi connectivity index (χ2n) is 3.58. The largest absolute Gasteiger partial charge is 0.253 e. The Morgan fingerprint density at radius 3 is 2.71 bits per heavy atom. The van der Waals surface area contributed by atoms with E-state index >= 15 is 0 Å². The van der Waals surface area contributed by atoms with Gasteiger partial charge in [-0.15, -0.1) is 0 Å². The maximum atomic E-state index is 5.85. The molecule has 1 aromatic heterocycles. The second-order valence-corrected chi connectivity index (χ2v) is 4.02. The molecule has 0 saturated heterocycles. The van der Waals surface area contributed by atoms with Gasteiger partial charge in [0.2, 0.25) is 0 Å². The molecule has 2 nitrogen and oxygen atoms in total. The molecular weight excluding hydrogens is 196 g/mol. The molecule has 0 fully saturated rings. The zero-order valence-electron chi connectivity index (χ0n) is 8.16. The Morgan fingerprint density at radius 1 is 1.21 bits per heavy atom. The first kappa shape index (κ1) is 9.41. The van der Waals surface area contributed by atoms with Gasteiger partial charge in [-0.05, 0) is 24.1 Å². The van der Waals surface area contributed by atoms with Crippen LogP contribution in [-0.4, -0.2) is 9.97 Å². The van der Waals surface area contributed by atoms with Gasteiger partial charge in [-0.3, -0.25) is 4.98 Å². The maximum Gasteiger partial charge on any atom is 0.0901 e. The van der Waals surface area contributed by atoms with Crippen LogP contribution in [0, 0.1) is 0 Å². The molecule has 1 aromatic carbocycles. The molecule has 0 N–H and O–H groups in total. The summed E-state index contributed by atoms with van der Waals surface area (Å²) in [6.07, 6.45) is 1.81. The van der Waals surface area contributed by atoms with Crippen LogP contribution in [-0.2, 0) is 0 Å². The second kappa shape index (κ2) is 3.54. The first-order chi connectivity index (χ1) is 6.66. The van der Waals surface area contributed by atoms with Crippen molar-refractivity contribution in [1.82, 2.24) is 9.97 Å². The van der Waals surface area contributed by atoms with Crippen LogP contribution in [0.1, 0.15) is 25.5 Å². The predicted octanol–water partition coefficient (Wildman–Crippen LogP) is 3.41. The lowest BCUT2D eigenvalue weighted by molar-refractivity contribution is 0.822. The number of rotatable bonds is 1. The summed E-state index contributed by atoms with van der Waals surface area (Å²) < 4.78 is 0. The Labute approximate surface area is 88.0 Å². The third-order valence-corrected chi connectivity index (χ3v) is 2.35. The summed E-state index contributed by atoms with van der Waals surface area (Å²) in [6.45, 7) is 4.21. The molecule has 0 radical (unpaired) electrons. The number of benzene rings is 1. The SMILES string of the molecule is CC(C)c1cnc2cc(Cl)ccc2n1. The molecule has 0 spiro atoms. The summed E-state index contributed by atoms with van der Waals surface area (Å²) in [5, 5.41) is 0.698. The topological polar surface area (TPSA) is 25.8 Å². The van der Waals surface area contributed by atoms with Crippen LogP contribution in [0.2, 0.25) is 5.02 Å². The Balaban J connectivity index is 2.62. The Bertz CT molecular complexity index is 466. The normalized spacial score (nSPS) is 11.1. The number of fused-ring (bicyclic) bond motifs is 1. The Kier molecular flexibility index (Phi) is 2.38. The molecule has 2 rings (SSSR count).